The van der Waals surface area contributed by atoms with Gasteiger partial charge >= 0.3 is 5.69 Å². The van der Waals surface area contributed by atoms with Gasteiger partial charge in [0.1, 0.15) is 6.33 Å². The number of hydrogen-bond acceptors (Lipinski definition) is 3. The van der Waals surface area contributed by atoms with E-state index in [1.165, 1.54) is 11.0 Å². The van der Waals surface area contributed by atoms with Gasteiger partial charge in [0.15, 0.2) is 5.82 Å². The molecule has 0 amide bonds. The number of nitrogens with zero attached hydrogens (tertiary/aromatic N) is 3. The van der Waals surface area contributed by atoms with Crippen LogP contribution in [0.15, 0.2) is 27.9 Å². The van der Waals surface area contributed by atoms with Crippen molar-refractivity contribution in [2.24, 2.45) is 0 Å². The maximum atomic E-state index is 11.2. The zero-order valence-corrected chi connectivity index (χ0v) is 8.95. The Morgan fingerprint density at radius 3 is 2.86 bits per heavy atom. The Morgan fingerprint density at radius 2 is 2.29 bits per heavy atom. The van der Waals surface area contributed by atoms with Crippen molar-refractivity contribution in [3.63, 3.8) is 0 Å². The molecule has 14 heavy (non-hydrogen) atoms. The molecule has 0 atom stereocenters. The number of H-pyrrole nitrogens is 1. The molecule has 0 saturated carbocycles. The van der Waals surface area contributed by atoms with Crippen LogP contribution in [0.4, 0.5) is 0 Å². The van der Waals surface area contributed by atoms with Gasteiger partial charge in [0.25, 0.3) is 0 Å². The van der Waals surface area contributed by atoms with E-state index >= 15 is 0 Å². The highest BCUT2D eigenvalue weighted by atomic mass is 79.9. The molecule has 0 aliphatic heterocycles. The van der Waals surface area contributed by atoms with E-state index in [1.807, 2.05) is 13.0 Å². The first-order chi connectivity index (χ1) is 6.68. The van der Waals surface area contributed by atoms with Gasteiger partial charge in [0, 0.05) is 10.7 Å². The lowest BCUT2D eigenvalue weighted by Gasteiger charge is -2.03. The molecule has 5 nitrogen and oxygen atoms in total. The van der Waals surface area contributed by atoms with E-state index in [-0.39, 0.29) is 5.69 Å². The summed E-state index contributed by atoms with van der Waals surface area (Å²) in [4.78, 5) is 18.9. The lowest BCUT2D eigenvalue weighted by molar-refractivity contribution is 0.804. The second-order valence-electron chi connectivity index (χ2n) is 2.80. The highest BCUT2D eigenvalue weighted by Gasteiger charge is 2.06. The molecule has 2 heterocycles. The van der Waals surface area contributed by atoms with Crippen LogP contribution in [-0.2, 0) is 0 Å². The van der Waals surface area contributed by atoms with E-state index in [1.54, 1.807) is 6.20 Å². The monoisotopic (exact) mass is 254 g/mol. The van der Waals surface area contributed by atoms with Gasteiger partial charge in [-0.3, -0.25) is 5.10 Å². The van der Waals surface area contributed by atoms with Crippen LogP contribution in [0.25, 0.3) is 5.82 Å². The van der Waals surface area contributed by atoms with Crippen LogP contribution in [0.1, 0.15) is 5.56 Å². The second kappa shape index (κ2) is 3.38. The highest BCUT2D eigenvalue weighted by Crippen LogP contribution is 2.14. The molecule has 2 rings (SSSR count). The Balaban J connectivity index is 2.63. The Bertz CT molecular complexity index is 516. The average Bonchev–Trinajstić information content (AvgIpc) is 2.52. The smallest absolute Gasteiger partial charge is 0.278 e. The molecule has 6 heteroatoms. The van der Waals surface area contributed by atoms with Crippen molar-refractivity contribution in [2.75, 3.05) is 0 Å². The van der Waals surface area contributed by atoms with Crippen LogP contribution in [0.5, 0.6) is 0 Å². The van der Waals surface area contributed by atoms with Gasteiger partial charge in [-0.2, -0.15) is 9.67 Å². The van der Waals surface area contributed by atoms with Gasteiger partial charge in [-0.1, -0.05) is 0 Å². The number of nitrogens with one attached hydrogen (secondary N) is 1. The van der Waals surface area contributed by atoms with E-state index in [9.17, 15) is 4.79 Å². The molecule has 72 valence electrons. The molecule has 1 N–H and O–H groups in total. The van der Waals surface area contributed by atoms with Gasteiger partial charge in [-0.25, -0.2) is 9.78 Å². The highest BCUT2D eigenvalue weighted by molar-refractivity contribution is 9.10. The second-order valence-corrected chi connectivity index (χ2v) is 3.71. The van der Waals surface area contributed by atoms with Gasteiger partial charge < -0.3 is 0 Å². The molecule has 0 radical (unpaired) electrons. The Labute approximate surface area is 87.9 Å². The largest absolute Gasteiger partial charge is 0.369 e. The SMILES string of the molecule is Cc1cc(Br)cnc1-n1[nH]cnc1=O. The fraction of sp³-hybridized carbons (Fsp3) is 0.125. The molecule has 2 aromatic rings. The number of rotatable bonds is 1. The van der Waals surface area contributed by atoms with Crippen LogP contribution in [0.3, 0.4) is 0 Å². The number of halogens is 1. The van der Waals surface area contributed by atoms with Crippen molar-refractivity contribution in [3.8, 4) is 5.82 Å². The molecule has 0 spiro atoms. The minimum Gasteiger partial charge on any atom is -0.278 e. The lowest BCUT2D eigenvalue weighted by atomic mass is 10.3. The van der Waals surface area contributed by atoms with Crippen molar-refractivity contribution in [1.82, 2.24) is 19.7 Å². The number of aromatic amines is 1. The van der Waals surface area contributed by atoms with E-state index in [2.05, 4.69) is 31.0 Å². The molecule has 0 bridgehead atoms. The first-order valence-corrected chi connectivity index (χ1v) is 4.73. The molecule has 0 unspecified atom stereocenters. The van der Waals surface area contributed by atoms with Crippen molar-refractivity contribution in [2.45, 2.75) is 6.92 Å². The minimum absolute atomic E-state index is 0.358. The summed E-state index contributed by atoms with van der Waals surface area (Å²) in [5.41, 5.74) is 0.536. The Morgan fingerprint density at radius 1 is 1.50 bits per heavy atom. The standard InChI is InChI=1S/C8H7BrN4O/c1-5-2-6(9)3-10-7(5)13-8(14)11-4-12-13/h2-4H,1H3,(H,11,12,14). The van der Waals surface area contributed by atoms with E-state index in [0.717, 1.165) is 10.0 Å². The van der Waals surface area contributed by atoms with E-state index in [0.29, 0.717) is 5.82 Å². The lowest BCUT2D eigenvalue weighted by Crippen LogP contribution is -2.18. The van der Waals surface area contributed by atoms with E-state index < -0.39 is 0 Å². The topological polar surface area (TPSA) is 63.6 Å². The quantitative estimate of drug-likeness (QED) is 0.827. The summed E-state index contributed by atoms with van der Waals surface area (Å²) >= 11 is 3.30. The molecule has 0 saturated heterocycles. The molecular weight excluding hydrogens is 248 g/mol. The third kappa shape index (κ3) is 1.48. The first-order valence-electron chi connectivity index (χ1n) is 3.93. The summed E-state index contributed by atoms with van der Waals surface area (Å²) in [7, 11) is 0. The first kappa shape index (κ1) is 9.14. The van der Waals surface area contributed by atoms with Gasteiger partial charge in [0.2, 0.25) is 0 Å². The summed E-state index contributed by atoms with van der Waals surface area (Å²) in [6.45, 7) is 1.88. The van der Waals surface area contributed by atoms with Gasteiger partial charge in [0.05, 0.1) is 0 Å². The summed E-state index contributed by atoms with van der Waals surface area (Å²) < 4.78 is 2.17. The van der Waals surface area contributed by atoms with Crippen molar-refractivity contribution in [1.29, 1.82) is 0 Å². The Kier molecular flexibility index (Phi) is 2.20. The fourth-order valence-electron chi connectivity index (χ4n) is 1.17. The molecule has 0 aromatic carbocycles. The van der Waals surface area contributed by atoms with E-state index in [4.69, 9.17) is 0 Å². The zero-order valence-electron chi connectivity index (χ0n) is 7.36. The molecule has 0 aliphatic rings. The maximum Gasteiger partial charge on any atom is 0.369 e. The summed E-state index contributed by atoms with van der Waals surface area (Å²) in [5, 5.41) is 2.70. The van der Waals surface area contributed by atoms with Crippen LogP contribution in [0.2, 0.25) is 0 Å². The predicted octanol–water partition coefficient (Wildman–Crippen LogP) is 1.03. The predicted molar refractivity (Wildman–Crippen MR) is 54.4 cm³/mol. The number of aromatic nitrogens is 4. The summed E-state index contributed by atoms with van der Waals surface area (Å²) in [6, 6.07) is 1.88. The third-order valence-corrected chi connectivity index (χ3v) is 2.22. The number of hydrogen-bond donors (Lipinski definition) is 1. The maximum absolute atomic E-state index is 11.2. The minimum atomic E-state index is -0.358. The van der Waals surface area contributed by atoms with Crippen LogP contribution in [0, 0.1) is 6.92 Å². The van der Waals surface area contributed by atoms with Crippen molar-refractivity contribution in [3.05, 3.63) is 39.1 Å². The molecule has 2 aromatic heterocycles. The molecule has 0 aliphatic carbocycles. The van der Waals surface area contributed by atoms with Crippen molar-refractivity contribution >= 4 is 15.9 Å². The number of pyridine rings is 1. The van der Waals surface area contributed by atoms with Crippen LogP contribution >= 0.6 is 15.9 Å². The normalized spacial score (nSPS) is 10.4. The van der Waals surface area contributed by atoms with Gasteiger partial charge in [-0.15, -0.1) is 0 Å². The summed E-state index contributed by atoms with van der Waals surface area (Å²) in [6.07, 6.45) is 2.97. The van der Waals surface area contributed by atoms with Crippen LogP contribution < -0.4 is 5.69 Å². The molecular formula is C8H7BrN4O. The zero-order chi connectivity index (χ0) is 10.1. The molecule has 0 fully saturated rings. The summed E-state index contributed by atoms with van der Waals surface area (Å²) in [5.74, 6) is 0.565. The number of aryl methyl sites for hydroxylation is 1. The Hall–Kier alpha value is -1.43. The van der Waals surface area contributed by atoms with Crippen LogP contribution in [-0.4, -0.2) is 19.7 Å². The van der Waals surface area contributed by atoms with Gasteiger partial charge in [-0.05, 0) is 34.5 Å². The third-order valence-electron chi connectivity index (χ3n) is 1.78. The fourth-order valence-corrected chi connectivity index (χ4v) is 1.62. The average molecular weight is 255 g/mol. The van der Waals surface area contributed by atoms with Crippen molar-refractivity contribution < 1.29 is 0 Å².